The molecule has 0 aliphatic carbocycles. The number of likely N-dealkylation sites (N-methyl/N-ethyl adjacent to an activating group) is 1. The normalized spacial score (nSPS) is 12.8. The van der Waals surface area contributed by atoms with Crippen molar-refractivity contribution in [3.8, 4) is 0 Å². The molecule has 0 fully saturated rings. The predicted molar refractivity (Wildman–Crippen MR) is 346 cm³/mol. The van der Waals surface area contributed by atoms with E-state index in [4.69, 9.17) is 18.9 Å². The summed E-state index contributed by atoms with van der Waals surface area (Å²) in [5.41, 5.74) is 0. The number of hydrogen-bond acceptors (Lipinski definition) is 7. The smallest absolute Gasteiger partial charge is 0.361 e. The van der Waals surface area contributed by atoms with Crippen LogP contribution in [0.1, 0.15) is 361 Å². The van der Waals surface area contributed by atoms with E-state index in [9.17, 15) is 19.5 Å². The average Bonchev–Trinajstić information content (AvgIpc) is 3.44. The molecule has 0 saturated carbocycles. The van der Waals surface area contributed by atoms with Gasteiger partial charge in [-0.1, -0.05) is 308 Å². The zero-order valence-corrected chi connectivity index (χ0v) is 54.7. The minimum atomic E-state index is -1.51. The third-order valence-electron chi connectivity index (χ3n) is 16.2. The lowest BCUT2D eigenvalue weighted by Gasteiger charge is -2.25. The summed E-state index contributed by atoms with van der Waals surface area (Å²) in [6.07, 6.45) is 75.9. The van der Waals surface area contributed by atoms with Gasteiger partial charge in [0, 0.05) is 12.8 Å². The van der Waals surface area contributed by atoms with Gasteiger partial charge in [0.15, 0.2) is 6.10 Å². The second-order valence-corrected chi connectivity index (χ2v) is 25.5. The number of quaternary nitrogens is 1. The van der Waals surface area contributed by atoms with Crippen LogP contribution in [-0.4, -0.2) is 87.4 Å². The van der Waals surface area contributed by atoms with E-state index in [0.29, 0.717) is 17.4 Å². The monoisotopic (exact) mass is 1150 g/mol. The van der Waals surface area contributed by atoms with E-state index in [1.807, 2.05) is 21.1 Å². The molecule has 0 aromatic rings. The Morgan fingerprint density at radius 3 is 0.914 bits per heavy atom. The molecule has 0 spiro atoms. The molecule has 0 aromatic heterocycles. The van der Waals surface area contributed by atoms with E-state index >= 15 is 0 Å². The first kappa shape index (κ1) is 78.8. The highest BCUT2D eigenvalue weighted by Gasteiger charge is 2.25. The van der Waals surface area contributed by atoms with E-state index in [2.05, 4.69) is 38.2 Å². The number of carbonyl (C=O) groups excluding carboxylic acids is 2. The molecule has 0 aromatic carbocycles. The zero-order valence-electron chi connectivity index (χ0n) is 54.7. The van der Waals surface area contributed by atoms with E-state index in [1.54, 1.807) is 0 Å². The van der Waals surface area contributed by atoms with Crippen molar-refractivity contribution in [2.24, 2.45) is 0 Å². The maximum absolute atomic E-state index is 12.9. The van der Waals surface area contributed by atoms with Crippen LogP contribution in [0.3, 0.4) is 0 Å². The van der Waals surface area contributed by atoms with Crippen LogP contribution in [0.4, 0.5) is 0 Å². The van der Waals surface area contributed by atoms with Gasteiger partial charge < -0.3 is 28.5 Å². The Morgan fingerprint density at radius 1 is 0.358 bits per heavy atom. The van der Waals surface area contributed by atoms with Gasteiger partial charge in [0.1, 0.15) is 13.2 Å². The number of esters is 2. The number of nitrogens with zero attached hydrogens (tertiary/aromatic N) is 1. The van der Waals surface area contributed by atoms with Crippen LogP contribution in [0.15, 0.2) is 24.3 Å². The standard InChI is InChI=1S/C72H137NO8/c1-6-8-10-12-14-16-18-20-22-24-26-28-29-30-31-32-33-34-35-36-37-38-39-40-41-43-45-47-49-51-53-55-57-59-61-63-70(75)81-68(67-80-72(71(76)77)78-65-64-73(3,4)5)66-79-69(74)62-60-58-56-54-52-50-48-46-44-42-27-25-23-21-19-17-15-13-11-9-7-2/h24-27,68,72H,6-23,28-67H2,1-5H3/p+1/b26-24-,27-25-. The first-order valence-corrected chi connectivity index (χ1v) is 35.5. The van der Waals surface area contributed by atoms with Gasteiger partial charge in [0.2, 0.25) is 0 Å². The summed E-state index contributed by atoms with van der Waals surface area (Å²) in [4.78, 5) is 37.6. The van der Waals surface area contributed by atoms with Crippen LogP contribution >= 0.6 is 0 Å². The summed E-state index contributed by atoms with van der Waals surface area (Å²) in [5.74, 6) is -1.98. The molecule has 2 unspecified atom stereocenters. The van der Waals surface area contributed by atoms with Crippen LogP contribution in [0.25, 0.3) is 0 Å². The quantitative estimate of drug-likeness (QED) is 0.0211. The number of carboxylic acid groups (broad SMARTS) is 1. The summed E-state index contributed by atoms with van der Waals surface area (Å²) >= 11 is 0. The molecule has 9 heteroatoms. The maximum Gasteiger partial charge on any atom is 0.361 e. The minimum absolute atomic E-state index is 0.177. The van der Waals surface area contributed by atoms with E-state index < -0.39 is 18.4 Å². The molecule has 0 aliphatic rings. The van der Waals surface area contributed by atoms with Crippen molar-refractivity contribution in [2.75, 3.05) is 47.5 Å². The van der Waals surface area contributed by atoms with Crippen molar-refractivity contribution in [2.45, 2.75) is 373 Å². The van der Waals surface area contributed by atoms with Crippen LogP contribution in [-0.2, 0) is 33.3 Å². The molecule has 478 valence electrons. The molecule has 81 heavy (non-hydrogen) atoms. The summed E-state index contributed by atoms with van der Waals surface area (Å²) < 4.78 is 23.0. The molecular weight excluding hydrogens is 1010 g/mol. The number of allylic oxidation sites excluding steroid dienone is 4. The highest BCUT2D eigenvalue weighted by Crippen LogP contribution is 2.19. The van der Waals surface area contributed by atoms with Crippen LogP contribution in [0.2, 0.25) is 0 Å². The lowest BCUT2D eigenvalue weighted by Crippen LogP contribution is -2.40. The van der Waals surface area contributed by atoms with Gasteiger partial charge in [-0.15, -0.1) is 0 Å². The third kappa shape index (κ3) is 65.2. The van der Waals surface area contributed by atoms with Crippen molar-refractivity contribution in [3.63, 3.8) is 0 Å². The Balaban J connectivity index is 4.01. The molecule has 0 bridgehead atoms. The Morgan fingerprint density at radius 2 is 0.630 bits per heavy atom. The van der Waals surface area contributed by atoms with Crippen LogP contribution in [0, 0.1) is 0 Å². The van der Waals surface area contributed by atoms with Crippen molar-refractivity contribution in [3.05, 3.63) is 24.3 Å². The first-order chi connectivity index (χ1) is 39.6. The third-order valence-corrected chi connectivity index (χ3v) is 16.2. The summed E-state index contributed by atoms with van der Waals surface area (Å²) in [5, 5.41) is 9.74. The molecule has 0 rings (SSSR count). The Bertz CT molecular complexity index is 1380. The van der Waals surface area contributed by atoms with E-state index in [0.717, 1.165) is 38.5 Å². The molecule has 2 atom stereocenters. The Kier molecular flexibility index (Phi) is 62.0. The van der Waals surface area contributed by atoms with Crippen LogP contribution < -0.4 is 0 Å². The second-order valence-electron chi connectivity index (χ2n) is 25.5. The fourth-order valence-corrected chi connectivity index (χ4v) is 10.7. The molecule has 1 N–H and O–H groups in total. The average molecular weight is 1150 g/mol. The number of carboxylic acids is 1. The molecule has 0 heterocycles. The van der Waals surface area contributed by atoms with Gasteiger partial charge in [-0.2, -0.15) is 0 Å². The second kappa shape index (κ2) is 63.8. The topological polar surface area (TPSA) is 108 Å². The van der Waals surface area contributed by atoms with Crippen molar-refractivity contribution in [1.29, 1.82) is 0 Å². The lowest BCUT2D eigenvalue weighted by molar-refractivity contribution is -0.870. The molecular formula is C72H138NO8+. The number of hydrogen-bond donors (Lipinski definition) is 1. The zero-order chi connectivity index (χ0) is 59.1. The first-order valence-electron chi connectivity index (χ1n) is 35.5. The molecule has 0 aliphatic heterocycles. The van der Waals surface area contributed by atoms with Gasteiger partial charge in [0.05, 0.1) is 34.4 Å². The summed E-state index contributed by atoms with van der Waals surface area (Å²) in [7, 11) is 5.99. The molecule has 0 radical (unpaired) electrons. The predicted octanol–water partition coefficient (Wildman–Crippen LogP) is 21.8. The van der Waals surface area contributed by atoms with Gasteiger partial charge in [0.25, 0.3) is 6.29 Å². The highest BCUT2D eigenvalue weighted by molar-refractivity contribution is 5.71. The fraction of sp³-hybridized carbons (Fsp3) is 0.903. The number of ether oxygens (including phenoxy) is 4. The SMILES string of the molecule is CCCCCCCCCC/C=C\CCCCCCCCCCCCCCCCCCCCCCCCCC(=O)OC(COC(=O)CCCCCCCCCCC/C=C\CCCCCCCCCC)COC(OCC[N+](C)(C)C)C(=O)O. The number of carbonyl (C=O) groups is 3. The van der Waals surface area contributed by atoms with Gasteiger partial charge in [-0.05, 0) is 64.2 Å². The van der Waals surface area contributed by atoms with Crippen LogP contribution in [0.5, 0.6) is 0 Å². The number of aliphatic carboxylic acids is 1. The number of unbranched alkanes of at least 4 members (excludes halogenated alkanes) is 48. The highest BCUT2D eigenvalue weighted by atomic mass is 16.7. The summed E-state index contributed by atoms with van der Waals surface area (Å²) in [6.45, 7) is 4.94. The molecule has 9 nitrogen and oxygen atoms in total. The molecule has 0 amide bonds. The molecule has 0 saturated heterocycles. The maximum atomic E-state index is 12.9. The van der Waals surface area contributed by atoms with E-state index in [-0.39, 0.29) is 38.2 Å². The summed E-state index contributed by atoms with van der Waals surface area (Å²) in [6, 6.07) is 0. The van der Waals surface area contributed by atoms with Crippen molar-refractivity contribution in [1.82, 2.24) is 0 Å². The van der Waals surface area contributed by atoms with Crippen molar-refractivity contribution < 1.29 is 42.9 Å². The number of rotatable bonds is 67. The van der Waals surface area contributed by atoms with Gasteiger partial charge >= 0.3 is 17.9 Å². The Hall–Kier alpha value is -2.23. The lowest BCUT2D eigenvalue weighted by atomic mass is 10.0. The fourth-order valence-electron chi connectivity index (χ4n) is 10.7. The van der Waals surface area contributed by atoms with Gasteiger partial charge in [-0.3, -0.25) is 9.59 Å². The van der Waals surface area contributed by atoms with Crippen molar-refractivity contribution >= 4 is 17.9 Å². The minimum Gasteiger partial charge on any atom is -0.477 e. The Labute approximate surface area is 503 Å². The van der Waals surface area contributed by atoms with E-state index in [1.165, 1.54) is 295 Å². The van der Waals surface area contributed by atoms with Gasteiger partial charge in [-0.25, -0.2) is 4.79 Å². The largest absolute Gasteiger partial charge is 0.477 e.